The Bertz CT molecular complexity index is 615. The van der Waals surface area contributed by atoms with E-state index in [1.165, 1.54) is 10.9 Å². The van der Waals surface area contributed by atoms with Crippen LogP contribution in [-0.2, 0) is 9.47 Å². The fourth-order valence-electron chi connectivity index (χ4n) is 3.62. The summed E-state index contributed by atoms with van der Waals surface area (Å²) in [6.07, 6.45) is 3.94. The van der Waals surface area contributed by atoms with Crippen LogP contribution in [-0.4, -0.2) is 35.2 Å². The molecule has 2 N–H and O–H groups in total. The predicted molar refractivity (Wildman–Crippen MR) is 75.5 cm³/mol. The fraction of sp³-hybridized carbons (Fsp3) is 0.500. The van der Waals surface area contributed by atoms with Crippen molar-refractivity contribution in [3.63, 3.8) is 0 Å². The molecular formula is C16H19NO3. The molecule has 2 fully saturated rings. The molecule has 106 valence electrons. The summed E-state index contributed by atoms with van der Waals surface area (Å²) in [6.45, 7) is 1.33. The van der Waals surface area contributed by atoms with E-state index in [9.17, 15) is 5.11 Å². The van der Waals surface area contributed by atoms with Crippen LogP contribution in [0.15, 0.2) is 30.5 Å². The van der Waals surface area contributed by atoms with Crippen LogP contribution in [0, 0.1) is 0 Å². The average molecular weight is 273 g/mol. The normalized spacial score (nSPS) is 29.2. The van der Waals surface area contributed by atoms with E-state index in [2.05, 4.69) is 17.1 Å². The second-order valence-electron chi connectivity index (χ2n) is 5.81. The molecule has 1 aromatic carbocycles. The Morgan fingerprint density at radius 2 is 2.00 bits per heavy atom. The maximum atomic E-state index is 10.4. The van der Waals surface area contributed by atoms with E-state index < -0.39 is 5.79 Å². The summed E-state index contributed by atoms with van der Waals surface area (Å²) < 4.78 is 11.7. The van der Waals surface area contributed by atoms with E-state index >= 15 is 0 Å². The number of aliphatic hydroxyl groups excluding tert-OH is 1. The average Bonchev–Trinajstić information content (AvgIpc) is 3.09. The van der Waals surface area contributed by atoms with Crippen molar-refractivity contribution in [2.75, 3.05) is 13.2 Å². The van der Waals surface area contributed by atoms with Gasteiger partial charge in [-0.1, -0.05) is 18.2 Å². The number of aromatic nitrogens is 1. The van der Waals surface area contributed by atoms with Crippen LogP contribution in [0.2, 0.25) is 0 Å². The van der Waals surface area contributed by atoms with E-state index in [4.69, 9.17) is 9.47 Å². The molecule has 4 heteroatoms. The van der Waals surface area contributed by atoms with Crippen molar-refractivity contribution in [3.05, 3.63) is 36.0 Å². The molecule has 1 spiro atoms. The number of aromatic amines is 1. The molecule has 1 aromatic heterocycles. The van der Waals surface area contributed by atoms with E-state index in [1.807, 2.05) is 18.3 Å². The van der Waals surface area contributed by atoms with Crippen molar-refractivity contribution >= 4 is 10.9 Å². The van der Waals surface area contributed by atoms with Gasteiger partial charge < -0.3 is 19.6 Å². The summed E-state index contributed by atoms with van der Waals surface area (Å²) in [4.78, 5) is 3.29. The third kappa shape index (κ3) is 1.87. The van der Waals surface area contributed by atoms with Gasteiger partial charge in [0.15, 0.2) is 5.79 Å². The molecule has 4 nitrogen and oxygen atoms in total. The number of aliphatic hydroxyl groups is 1. The minimum atomic E-state index is -0.470. The van der Waals surface area contributed by atoms with Crippen molar-refractivity contribution < 1.29 is 14.6 Å². The Morgan fingerprint density at radius 1 is 1.20 bits per heavy atom. The highest BCUT2D eigenvalue weighted by molar-refractivity contribution is 5.83. The van der Waals surface area contributed by atoms with Gasteiger partial charge in [-0.3, -0.25) is 0 Å². The molecule has 2 heterocycles. The van der Waals surface area contributed by atoms with E-state index in [-0.39, 0.29) is 12.0 Å². The molecule has 0 bridgehead atoms. The van der Waals surface area contributed by atoms with Gasteiger partial charge >= 0.3 is 0 Å². The van der Waals surface area contributed by atoms with Gasteiger partial charge in [0.2, 0.25) is 0 Å². The second-order valence-corrected chi connectivity index (χ2v) is 5.81. The van der Waals surface area contributed by atoms with E-state index in [0.717, 1.165) is 24.8 Å². The second kappa shape index (κ2) is 4.58. The maximum Gasteiger partial charge on any atom is 0.169 e. The van der Waals surface area contributed by atoms with Crippen molar-refractivity contribution in [3.8, 4) is 0 Å². The van der Waals surface area contributed by atoms with Crippen molar-refractivity contribution in [1.82, 2.24) is 4.98 Å². The smallest absolute Gasteiger partial charge is 0.169 e. The third-order valence-corrected chi connectivity index (χ3v) is 4.65. The first-order valence-electron chi connectivity index (χ1n) is 7.29. The Balaban J connectivity index is 1.72. The van der Waals surface area contributed by atoms with Gasteiger partial charge in [0.25, 0.3) is 0 Å². The van der Waals surface area contributed by atoms with Crippen LogP contribution in [0.4, 0.5) is 0 Å². The maximum absolute atomic E-state index is 10.4. The van der Waals surface area contributed by atoms with Crippen LogP contribution in [0.1, 0.15) is 30.7 Å². The van der Waals surface area contributed by atoms with Crippen LogP contribution in [0.5, 0.6) is 0 Å². The molecule has 2 aliphatic rings. The molecule has 0 amide bonds. The van der Waals surface area contributed by atoms with Gasteiger partial charge in [-0.2, -0.15) is 0 Å². The number of fused-ring (bicyclic) bond motifs is 1. The number of benzene rings is 1. The topological polar surface area (TPSA) is 54.5 Å². The third-order valence-electron chi connectivity index (χ3n) is 4.65. The Hall–Kier alpha value is -1.36. The van der Waals surface area contributed by atoms with Gasteiger partial charge in [0.05, 0.1) is 19.3 Å². The summed E-state index contributed by atoms with van der Waals surface area (Å²) in [6, 6.07) is 8.22. The highest BCUT2D eigenvalue weighted by Crippen LogP contribution is 2.44. The molecule has 2 aromatic rings. The molecular weight excluding hydrogens is 254 g/mol. The molecule has 20 heavy (non-hydrogen) atoms. The minimum absolute atomic E-state index is 0.0676. The molecule has 2 unspecified atom stereocenters. The number of H-pyrrole nitrogens is 1. The predicted octanol–water partition coefficient (Wildman–Crippen LogP) is 2.54. The van der Waals surface area contributed by atoms with Crippen LogP contribution >= 0.6 is 0 Å². The number of hydrogen-bond acceptors (Lipinski definition) is 3. The first-order valence-corrected chi connectivity index (χ1v) is 7.29. The standard InChI is InChI=1S/C16H19NO3/c18-15-5-6-16(19-7-8-20-16)9-12(15)13-10-17-14-4-2-1-3-11(13)14/h1-4,10,12,15,17-18H,5-9H2. The number of para-hydroxylation sites is 1. The Labute approximate surface area is 117 Å². The number of hydrogen-bond donors (Lipinski definition) is 2. The summed E-state index contributed by atoms with van der Waals surface area (Å²) in [7, 11) is 0. The molecule has 1 aliphatic heterocycles. The van der Waals surface area contributed by atoms with Crippen LogP contribution in [0.3, 0.4) is 0 Å². The molecule has 2 atom stereocenters. The van der Waals surface area contributed by atoms with Crippen molar-refractivity contribution in [1.29, 1.82) is 0 Å². The highest BCUT2D eigenvalue weighted by atomic mass is 16.7. The first-order chi connectivity index (χ1) is 9.77. The van der Waals surface area contributed by atoms with Gasteiger partial charge in [-0.15, -0.1) is 0 Å². The summed E-state index contributed by atoms with van der Waals surface area (Å²) in [5.41, 5.74) is 2.29. The molecule has 1 aliphatic carbocycles. The lowest BCUT2D eigenvalue weighted by molar-refractivity contribution is -0.193. The summed E-state index contributed by atoms with van der Waals surface area (Å²) in [5.74, 6) is -0.402. The fourth-order valence-corrected chi connectivity index (χ4v) is 3.62. The van der Waals surface area contributed by atoms with Gasteiger partial charge in [-0.05, 0) is 18.1 Å². The lowest BCUT2D eigenvalue weighted by Crippen LogP contribution is -2.41. The lowest BCUT2D eigenvalue weighted by Gasteiger charge is -2.39. The Kier molecular flexibility index (Phi) is 2.84. The lowest BCUT2D eigenvalue weighted by atomic mass is 9.78. The largest absolute Gasteiger partial charge is 0.392 e. The quantitative estimate of drug-likeness (QED) is 0.839. The monoisotopic (exact) mass is 273 g/mol. The SMILES string of the molecule is OC1CCC2(CC1c1c[nH]c3ccccc13)OCCO2. The highest BCUT2D eigenvalue weighted by Gasteiger charge is 2.45. The number of ether oxygens (including phenoxy) is 2. The van der Waals surface area contributed by atoms with Gasteiger partial charge in [0, 0.05) is 35.9 Å². The van der Waals surface area contributed by atoms with Crippen LogP contribution < -0.4 is 0 Å². The minimum Gasteiger partial charge on any atom is -0.392 e. The zero-order chi connectivity index (χ0) is 13.6. The molecule has 1 saturated carbocycles. The van der Waals surface area contributed by atoms with Gasteiger partial charge in [-0.25, -0.2) is 0 Å². The Morgan fingerprint density at radius 3 is 2.85 bits per heavy atom. The number of rotatable bonds is 1. The number of nitrogens with one attached hydrogen (secondary N) is 1. The molecule has 1 saturated heterocycles. The zero-order valence-electron chi connectivity index (χ0n) is 11.3. The van der Waals surface area contributed by atoms with Crippen LogP contribution in [0.25, 0.3) is 10.9 Å². The van der Waals surface area contributed by atoms with Crippen molar-refractivity contribution in [2.24, 2.45) is 0 Å². The molecule has 4 rings (SSSR count). The van der Waals surface area contributed by atoms with E-state index in [0.29, 0.717) is 13.2 Å². The zero-order valence-corrected chi connectivity index (χ0v) is 11.3. The van der Waals surface area contributed by atoms with Crippen molar-refractivity contribution in [2.45, 2.75) is 37.1 Å². The summed E-state index contributed by atoms with van der Waals surface area (Å²) in [5, 5.41) is 11.6. The summed E-state index contributed by atoms with van der Waals surface area (Å²) >= 11 is 0. The van der Waals surface area contributed by atoms with Gasteiger partial charge in [0.1, 0.15) is 0 Å². The van der Waals surface area contributed by atoms with E-state index in [1.54, 1.807) is 0 Å². The molecule has 0 radical (unpaired) electrons. The first kappa shape index (κ1) is 12.4.